The van der Waals surface area contributed by atoms with Gasteiger partial charge in [0.05, 0.1) is 5.60 Å². The van der Waals surface area contributed by atoms with E-state index >= 15 is 0 Å². The van der Waals surface area contributed by atoms with Crippen LogP contribution in [-0.4, -0.2) is 37.9 Å². The molecule has 2 aromatic carbocycles. The van der Waals surface area contributed by atoms with E-state index in [4.69, 9.17) is 4.74 Å². The molecule has 0 fully saturated rings. The van der Waals surface area contributed by atoms with Gasteiger partial charge in [-0.1, -0.05) is 59.8 Å². The minimum Gasteiger partial charge on any atom is -0.445 e. The number of ether oxygens (including phenoxy) is 1. The third-order valence-corrected chi connectivity index (χ3v) is 4.94. The standard InChI is InChI=1S/C20H21N5O3/c26-19(28-13-14-6-2-1-3-7-14)21-16-10-15-8-4-5-9-17(15)20(27,11-16)12-18-22-24-25-23-18/h1-9,16,27H,10-13H2,(H,21,26)(H,22,23,24,25)/t16-,20-/m0/s1. The van der Waals surface area contributed by atoms with Crippen LogP contribution in [0.1, 0.15) is 28.9 Å². The van der Waals surface area contributed by atoms with E-state index in [-0.39, 0.29) is 19.1 Å². The minimum atomic E-state index is -1.20. The zero-order valence-electron chi connectivity index (χ0n) is 15.2. The summed E-state index contributed by atoms with van der Waals surface area (Å²) in [7, 11) is 0. The highest BCUT2D eigenvalue weighted by molar-refractivity contribution is 5.67. The normalized spacial score (nSPS) is 21.0. The van der Waals surface area contributed by atoms with Crippen LogP contribution in [0.25, 0.3) is 0 Å². The second-order valence-electron chi connectivity index (χ2n) is 7.00. The molecule has 2 atom stereocenters. The molecule has 8 nitrogen and oxygen atoms in total. The van der Waals surface area contributed by atoms with Gasteiger partial charge in [0.2, 0.25) is 0 Å². The summed E-state index contributed by atoms with van der Waals surface area (Å²) in [4.78, 5) is 12.3. The van der Waals surface area contributed by atoms with Crippen molar-refractivity contribution >= 4 is 6.09 Å². The van der Waals surface area contributed by atoms with E-state index in [9.17, 15) is 9.90 Å². The van der Waals surface area contributed by atoms with Crippen molar-refractivity contribution < 1.29 is 14.6 Å². The summed E-state index contributed by atoms with van der Waals surface area (Å²) in [5, 5.41) is 28.1. The molecule has 1 aliphatic rings. The monoisotopic (exact) mass is 379 g/mol. The number of H-pyrrole nitrogens is 1. The highest BCUT2D eigenvalue weighted by atomic mass is 16.5. The number of nitrogens with one attached hydrogen (secondary N) is 2. The molecule has 0 radical (unpaired) electrons. The summed E-state index contributed by atoms with van der Waals surface area (Å²) in [5.74, 6) is 0.421. The van der Waals surface area contributed by atoms with E-state index < -0.39 is 11.7 Å². The number of carbonyl (C=O) groups excluding carboxylic acids is 1. The Balaban J connectivity index is 1.46. The summed E-state index contributed by atoms with van der Waals surface area (Å²) in [5.41, 5.74) is 1.53. The summed E-state index contributed by atoms with van der Waals surface area (Å²) >= 11 is 0. The maximum Gasteiger partial charge on any atom is 0.407 e. The number of alkyl carbamates (subject to hydrolysis) is 1. The Morgan fingerprint density at radius 3 is 2.79 bits per heavy atom. The van der Waals surface area contributed by atoms with Gasteiger partial charge in [0.25, 0.3) is 0 Å². The summed E-state index contributed by atoms with van der Waals surface area (Å²) in [6, 6.07) is 16.9. The lowest BCUT2D eigenvalue weighted by Gasteiger charge is -2.38. The van der Waals surface area contributed by atoms with Crippen molar-refractivity contribution in [3.63, 3.8) is 0 Å². The second-order valence-corrected chi connectivity index (χ2v) is 7.00. The Bertz CT molecular complexity index is 932. The van der Waals surface area contributed by atoms with Crippen LogP contribution in [0.4, 0.5) is 4.79 Å². The van der Waals surface area contributed by atoms with Gasteiger partial charge in [-0.15, -0.1) is 10.2 Å². The Hall–Kier alpha value is -3.26. The molecule has 8 heteroatoms. The molecule has 0 spiro atoms. The number of hydrogen-bond donors (Lipinski definition) is 3. The zero-order chi connectivity index (χ0) is 19.4. The average molecular weight is 379 g/mol. The molecule has 1 amide bonds. The number of fused-ring (bicyclic) bond motifs is 1. The molecule has 3 N–H and O–H groups in total. The third-order valence-electron chi connectivity index (χ3n) is 4.94. The van der Waals surface area contributed by atoms with Gasteiger partial charge in [-0.2, -0.15) is 5.21 Å². The number of aromatic nitrogens is 4. The van der Waals surface area contributed by atoms with Crippen molar-refractivity contribution in [1.82, 2.24) is 25.9 Å². The molecular formula is C20H21N5O3. The predicted molar refractivity (Wildman–Crippen MR) is 100 cm³/mol. The van der Waals surface area contributed by atoms with Crippen LogP contribution in [0, 0.1) is 0 Å². The van der Waals surface area contributed by atoms with Crippen LogP contribution >= 0.6 is 0 Å². The van der Waals surface area contributed by atoms with Crippen LogP contribution in [0.15, 0.2) is 54.6 Å². The molecule has 4 rings (SSSR count). The quantitative estimate of drug-likeness (QED) is 0.624. The van der Waals surface area contributed by atoms with Gasteiger partial charge in [-0.25, -0.2) is 4.79 Å². The Labute approximate surface area is 161 Å². The van der Waals surface area contributed by atoms with Crippen molar-refractivity contribution in [3.05, 3.63) is 77.1 Å². The fourth-order valence-corrected chi connectivity index (χ4v) is 3.73. The first kappa shape index (κ1) is 18.1. The second kappa shape index (κ2) is 7.77. The van der Waals surface area contributed by atoms with E-state index in [1.54, 1.807) is 0 Å². The maximum atomic E-state index is 12.3. The molecule has 0 unspecified atom stereocenters. The van der Waals surface area contributed by atoms with E-state index in [0.717, 1.165) is 16.7 Å². The highest BCUT2D eigenvalue weighted by Crippen LogP contribution is 2.37. The minimum absolute atomic E-state index is 0.198. The molecule has 0 bridgehead atoms. The largest absolute Gasteiger partial charge is 0.445 e. The first-order valence-corrected chi connectivity index (χ1v) is 9.13. The molecule has 3 aromatic rings. The van der Waals surface area contributed by atoms with E-state index in [1.807, 2.05) is 54.6 Å². The molecular weight excluding hydrogens is 358 g/mol. The molecule has 1 heterocycles. The molecule has 0 aliphatic heterocycles. The number of tetrazole rings is 1. The van der Waals surface area contributed by atoms with Crippen LogP contribution in [0.5, 0.6) is 0 Å². The van der Waals surface area contributed by atoms with Crippen molar-refractivity contribution in [2.75, 3.05) is 0 Å². The van der Waals surface area contributed by atoms with Gasteiger partial charge in [0.1, 0.15) is 6.61 Å². The molecule has 0 saturated carbocycles. The van der Waals surface area contributed by atoms with Gasteiger partial charge in [-0.3, -0.25) is 0 Å². The van der Waals surface area contributed by atoms with Crippen LogP contribution < -0.4 is 5.32 Å². The molecule has 0 saturated heterocycles. The van der Waals surface area contributed by atoms with Crippen molar-refractivity contribution in [3.8, 4) is 0 Å². The number of hydrogen-bond acceptors (Lipinski definition) is 6. The van der Waals surface area contributed by atoms with Gasteiger partial charge < -0.3 is 15.2 Å². The summed E-state index contributed by atoms with van der Waals surface area (Å²) < 4.78 is 5.32. The van der Waals surface area contributed by atoms with Gasteiger partial charge in [0, 0.05) is 18.9 Å². The van der Waals surface area contributed by atoms with Gasteiger partial charge >= 0.3 is 6.09 Å². The van der Waals surface area contributed by atoms with E-state index in [1.165, 1.54) is 0 Å². The molecule has 28 heavy (non-hydrogen) atoms. The van der Waals surface area contributed by atoms with Gasteiger partial charge in [0.15, 0.2) is 5.82 Å². The van der Waals surface area contributed by atoms with Crippen molar-refractivity contribution in [2.45, 2.75) is 37.5 Å². The SMILES string of the molecule is O=C(N[C@H]1Cc2ccccc2[C@@](O)(Cc2nn[nH]n2)C1)OCc1ccccc1. The lowest BCUT2D eigenvalue weighted by Crippen LogP contribution is -2.47. The average Bonchev–Trinajstić information content (AvgIpc) is 3.20. The molecule has 144 valence electrons. The summed E-state index contributed by atoms with van der Waals surface area (Å²) in [6.07, 6.45) is 0.650. The lowest BCUT2D eigenvalue weighted by atomic mass is 9.75. The Kier molecular flexibility index (Phi) is 5.03. The molecule has 1 aromatic heterocycles. The number of aromatic amines is 1. The van der Waals surface area contributed by atoms with Crippen LogP contribution in [0.2, 0.25) is 0 Å². The number of carbonyl (C=O) groups is 1. The van der Waals surface area contributed by atoms with Crippen molar-refractivity contribution in [1.29, 1.82) is 0 Å². The number of benzene rings is 2. The third kappa shape index (κ3) is 4.01. The van der Waals surface area contributed by atoms with E-state index in [2.05, 4.69) is 25.9 Å². The van der Waals surface area contributed by atoms with Crippen molar-refractivity contribution in [2.24, 2.45) is 0 Å². The highest BCUT2D eigenvalue weighted by Gasteiger charge is 2.40. The number of nitrogens with zero attached hydrogens (tertiary/aromatic N) is 3. The first-order chi connectivity index (χ1) is 13.6. The number of aliphatic hydroxyl groups is 1. The fourth-order valence-electron chi connectivity index (χ4n) is 3.73. The Morgan fingerprint density at radius 2 is 2.00 bits per heavy atom. The fraction of sp³-hybridized carbons (Fsp3) is 0.300. The van der Waals surface area contributed by atoms with E-state index in [0.29, 0.717) is 18.7 Å². The molecule has 1 aliphatic carbocycles. The maximum absolute atomic E-state index is 12.3. The Morgan fingerprint density at radius 1 is 1.21 bits per heavy atom. The first-order valence-electron chi connectivity index (χ1n) is 9.13. The van der Waals surface area contributed by atoms with Crippen LogP contribution in [0.3, 0.4) is 0 Å². The summed E-state index contributed by atoms with van der Waals surface area (Å²) in [6.45, 7) is 0.198. The number of rotatable bonds is 5. The lowest BCUT2D eigenvalue weighted by molar-refractivity contribution is 0.00709. The van der Waals surface area contributed by atoms with Gasteiger partial charge in [-0.05, 0) is 23.1 Å². The smallest absolute Gasteiger partial charge is 0.407 e. The zero-order valence-corrected chi connectivity index (χ0v) is 15.2. The number of amides is 1. The predicted octanol–water partition coefficient (Wildman–Crippen LogP) is 1.87. The topological polar surface area (TPSA) is 113 Å². The van der Waals surface area contributed by atoms with Crippen LogP contribution in [-0.2, 0) is 29.8 Å².